The minimum Gasteiger partial charge on any atom is -0.306 e. The first kappa shape index (κ1) is 12.4. The summed E-state index contributed by atoms with van der Waals surface area (Å²) in [5, 5.41) is 5.00. The molecule has 0 atom stereocenters. The number of aromatic nitrogens is 1. The van der Waals surface area contributed by atoms with Gasteiger partial charge in [0.1, 0.15) is 5.01 Å². The zero-order valence-corrected chi connectivity index (χ0v) is 11.9. The third-order valence-electron chi connectivity index (χ3n) is 3.30. The van der Waals surface area contributed by atoms with E-state index in [2.05, 4.69) is 37.8 Å². The molecule has 4 heteroatoms. The molecule has 0 aliphatic carbocycles. The largest absolute Gasteiger partial charge is 0.306 e. The molecule has 2 nitrogen and oxygen atoms in total. The van der Waals surface area contributed by atoms with E-state index >= 15 is 0 Å². The molecule has 0 radical (unpaired) electrons. The molecular formula is C12H20N2S2. The van der Waals surface area contributed by atoms with Gasteiger partial charge in [0.25, 0.3) is 0 Å². The number of thiazole rings is 1. The highest BCUT2D eigenvalue weighted by Gasteiger charge is 2.36. The average molecular weight is 256 g/mol. The van der Waals surface area contributed by atoms with Crippen LogP contribution < -0.4 is 5.32 Å². The van der Waals surface area contributed by atoms with E-state index in [0.717, 1.165) is 6.54 Å². The lowest BCUT2D eigenvalue weighted by molar-refractivity contribution is 0.313. The Labute approximate surface area is 106 Å². The normalized spacial score (nSPS) is 19.9. The predicted molar refractivity (Wildman–Crippen MR) is 73.5 cm³/mol. The molecule has 0 amide bonds. The molecule has 1 N–H and O–H groups in total. The van der Waals surface area contributed by atoms with Crippen LogP contribution in [0.1, 0.15) is 35.3 Å². The second-order valence-electron chi connectivity index (χ2n) is 4.39. The van der Waals surface area contributed by atoms with Crippen LogP contribution in [0, 0.1) is 13.8 Å². The zero-order valence-electron chi connectivity index (χ0n) is 10.3. The number of hydrogen-bond donors (Lipinski definition) is 1. The topological polar surface area (TPSA) is 24.9 Å². The van der Waals surface area contributed by atoms with Gasteiger partial charge in [-0.15, -0.1) is 11.3 Å². The summed E-state index contributed by atoms with van der Waals surface area (Å²) in [6.45, 7) is 7.51. The van der Waals surface area contributed by atoms with Crippen LogP contribution in [0.2, 0.25) is 0 Å². The molecule has 1 aromatic rings. The van der Waals surface area contributed by atoms with Crippen molar-refractivity contribution in [3.05, 3.63) is 15.6 Å². The van der Waals surface area contributed by atoms with Gasteiger partial charge < -0.3 is 5.32 Å². The highest BCUT2D eigenvalue weighted by molar-refractivity contribution is 7.99. The maximum Gasteiger partial charge on any atom is 0.113 e. The van der Waals surface area contributed by atoms with Gasteiger partial charge in [0.15, 0.2) is 0 Å². The Morgan fingerprint density at radius 2 is 2.00 bits per heavy atom. The summed E-state index contributed by atoms with van der Waals surface area (Å²) >= 11 is 3.94. The van der Waals surface area contributed by atoms with Crippen LogP contribution in [0.3, 0.4) is 0 Å². The Morgan fingerprint density at radius 1 is 1.31 bits per heavy atom. The Bertz CT molecular complexity index is 329. The second kappa shape index (κ2) is 5.07. The van der Waals surface area contributed by atoms with E-state index in [1.165, 1.54) is 39.9 Å². The molecule has 0 unspecified atom stereocenters. The van der Waals surface area contributed by atoms with Crippen LogP contribution in [0.4, 0.5) is 0 Å². The molecule has 16 heavy (non-hydrogen) atoms. The second-order valence-corrected chi connectivity index (χ2v) is 6.81. The van der Waals surface area contributed by atoms with Gasteiger partial charge in [-0.3, -0.25) is 0 Å². The summed E-state index contributed by atoms with van der Waals surface area (Å²) in [6, 6.07) is 0. The third-order valence-corrected chi connectivity index (χ3v) is 5.56. The highest BCUT2D eigenvalue weighted by Crippen LogP contribution is 2.38. The van der Waals surface area contributed by atoms with Crippen LogP contribution in [-0.2, 0) is 5.54 Å². The van der Waals surface area contributed by atoms with Gasteiger partial charge in [-0.05, 0) is 44.7 Å². The van der Waals surface area contributed by atoms with Gasteiger partial charge in [-0.25, -0.2) is 4.98 Å². The van der Waals surface area contributed by atoms with E-state index in [4.69, 9.17) is 4.98 Å². The molecule has 2 rings (SSSR count). The van der Waals surface area contributed by atoms with Crippen molar-refractivity contribution in [1.82, 2.24) is 10.3 Å². The predicted octanol–water partition coefficient (Wildman–Crippen LogP) is 3.09. The Hall–Kier alpha value is -0.0600. The monoisotopic (exact) mass is 256 g/mol. The SMILES string of the molecule is CCNC1(c2nc(C)c(C)s2)CCSCC1. The summed E-state index contributed by atoms with van der Waals surface area (Å²) in [5.74, 6) is 2.51. The lowest BCUT2D eigenvalue weighted by Crippen LogP contribution is -2.45. The molecule has 90 valence electrons. The smallest absolute Gasteiger partial charge is 0.113 e. The van der Waals surface area contributed by atoms with Gasteiger partial charge >= 0.3 is 0 Å². The number of aryl methyl sites for hydroxylation is 2. The van der Waals surface area contributed by atoms with Crippen LogP contribution in [0.25, 0.3) is 0 Å². The van der Waals surface area contributed by atoms with Crippen LogP contribution in [-0.4, -0.2) is 23.0 Å². The van der Waals surface area contributed by atoms with Crippen molar-refractivity contribution < 1.29 is 0 Å². The number of hydrogen-bond acceptors (Lipinski definition) is 4. The maximum absolute atomic E-state index is 4.77. The van der Waals surface area contributed by atoms with Gasteiger partial charge in [-0.2, -0.15) is 11.8 Å². The minimum absolute atomic E-state index is 0.170. The lowest BCUT2D eigenvalue weighted by Gasteiger charge is -2.36. The number of nitrogens with zero attached hydrogens (tertiary/aromatic N) is 1. The van der Waals surface area contributed by atoms with E-state index in [9.17, 15) is 0 Å². The summed E-state index contributed by atoms with van der Waals surface area (Å²) in [6.07, 6.45) is 2.44. The summed E-state index contributed by atoms with van der Waals surface area (Å²) in [4.78, 5) is 6.14. The van der Waals surface area contributed by atoms with Crippen LogP contribution in [0.5, 0.6) is 0 Å². The van der Waals surface area contributed by atoms with Crippen molar-refractivity contribution in [2.24, 2.45) is 0 Å². The molecule has 1 aliphatic heterocycles. The number of nitrogens with one attached hydrogen (secondary N) is 1. The van der Waals surface area contributed by atoms with Gasteiger partial charge in [0, 0.05) is 4.88 Å². The first-order chi connectivity index (χ1) is 7.68. The lowest BCUT2D eigenvalue weighted by atomic mass is 9.93. The molecule has 0 bridgehead atoms. The van der Waals surface area contributed by atoms with E-state index in [-0.39, 0.29) is 5.54 Å². The summed E-state index contributed by atoms with van der Waals surface area (Å²) in [7, 11) is 0. The first-order valence-corrected chi connectivity index (χ1v) is 7.92. The zero-order chi connectivity index (χ0) is 11.6. The molecular weight excluding hydrogens is 236 g/mol. The van der Waals surface area contributed by atoms with E-state index in [0.29, 0.717) is 0 Å². The highest BCUT2D eigenvalue weighted by atomic mass is 32.2. The van der Waals surface area contributed by atoms with Crippen LogP contribution in [0.15, 0.2) is 0 Å². The number of rotatable bonds is 3. The Balaban J connectivity index is 2.30. The van der Waals surface area contributed by atoms with Crippen molar-refractivity contribution in [3.63, 3.8) is 0 Å². The molecule has 0 spiro atoms. The standard InChI is InChI=1S/C12H20N2S2/c1-4-13-12(5-7-15-8-6-12)11-14-9(2)10(3)16-11/h13H,4-8H2,1-3H3. The maximum atomic E-state index is 4.77. The van der Waals surface area contributed by atoms with E-state index in [1.54, 1.807) is 0 Å². The van der Waals surface area contributed by atoms with Crippen molar-refractivity contribution in [3.8, 4) is 0 Å². The van der Waals surface area contributed by atoms with Gasteiger partial charge in [-0.1, -0.05) is 6.92 Å². The Kier molecular flexibility index (Phi) is 3.93. The molecule has 2 heterocycles. The molecule has 0 saturated carbocycles. The molecule has 1 aliphatic rings. The van der Waals surface area contributed by atoms with Crippen LogP contribution >= 0.6 is 23.1 Å². The average Bonchev–Trinajstić information content (AvgIpc) is 2.62. The number of thioether (sulfide) groups is 1. The molecule has 1 saturated heterocycles. The van der Waals surface area contributed by atoms with Gasteiger partial charge in [0.05, 0.1) is 11.2 Å². The van der Waals surface area contributed by atoms with Gasteiger partial charge in [0.2, 0.25) is 0 Å². The van der Waals surface area contributed by atoms with Crippen molar-refractivity contribution in [2.75, 3.05) is 18.1 Å². The summed E-state index contributed by atoms with van der Waals surface area (Å²) < 4.78 is 0. The fourth-order valence-corrected chi connectivity index (χ4v) is 4.53. The van der Waals surface area contributed by atoms with E-state index in [1.807, 2.05) is 11.3 Å². The molecule has 1 aromatic heterocycles. The van der Waals surface area contributed by atoms with Crippen molar-refractivity contribution >= 4 is 23.1 Å². The van der Waals surface area contributed by atoms with Crippen molar-refractivity contribution in [2.45, 2.75) is 39.2 Å². The minimum atomic E-state index is 0.170. The quantitative estimate of drug-likeness (QED) is 0.899. The summed E-state index contributed by atoms with van der Waals surface area (Å²) in [5.41, 5.74) is 1.37. The first-order valence-electron chi connectivity index (χ1n) is 5.95. The third kappa shape index (κ3) is 2.29. The van der Waals surface area contributed by atoms with E-state index < -0.39 is 0 Å². The Morgan fingerprint density at radius 3 is 2.50 bits per heavy atom. The fraction of sp³-hybridized carbons (Fsp3) is 0.750. The fourth-order valence-electron chi connectivity index (χ4n) is 2.20. The molecule has 1 fully saturated rings. The molecule has 0 aromatic carbocycles. The van der Waals surface area contributed by atoms with Crippen molar-refractivity contribution in [1.29, 1.82) is 0 Å².